The highest BCUT2D eigenvalue weighted by Gasteiger charge is 2.33. The third-order valence-electron chi connectivity index (χ3n) is 3.60. The molecule has 0 radical (unpaired) electrons. The first-order valence-corrected chi connectivity index (χ1v) is 9.54. The first kappa shape index (κ1) is 13.3. The van der Waals surface area contributed by atoms with Crippen molar-refractivity contribution in [1.82, 2.24) is 13.7 Å². The summed E-state index contributed by atoms with van der Waals surface area (Å²) in [6.07, 6.45) is 2.44. The molecule has 0 aliphatic carbocycles. The number of thiazole rings is 1. The quantitative estimate of drug-likeness (QED) is 0.771. The summed E-state index contributed by atoms with van der Waals surface area (Å²) in [6, 6.07) is 1.99. The van der Waals surface area contributed by atoms with Crippen LogP contribution in [0.25, 0.3) is 4.96 Å². The molecule has 0 bridgehead atoms. The van der Waals surface area contributed by atoms with Crippen LogP contribution in [0, 0.1) is 0 Å². The molecule has 3 aromatic rings. The molecule has 6 nitrogen and oxygen atoms in total. The molecule has 0 unspecified atom stereocenters. The summed E-state index contributed by atoms with van der Waals surface area (Å²) < 4.78 is 28.9. The van der Waals surface area contributed by atoms with E-state index in [-0.39, 0.29) is 10.8 Å². The molecular formula is C12H12N4O2S3. The summed E-state index contributed by atoms with van der Waals surface area (Å²) in [6.45, 7) is 0.880. The van der Waals surface area contributed by atoms with Gasteiger partial charge in [0.05, 0.1) is 0 Å². The van der Waals surface area contributed by atoms with Crippen molar-refractivity contribution in [2.24, 2.45) is 0 Å². The van der Waals surface area contributed by atoms with E-state index in [0.717, 1.165) is 12.0 Å². The standard InChI is InChI=1S/C12H12N4O2S3/c13-10-11(16-4-6-20-12(16)14-10)21(17,18)15-3-1-9-8(7-15)2-5-19-9/h2,4-6H,1,3,7,13H2. The Bertz CT molecular complexity index is 922. The largest absolute Gasteiger partial charge is 0.381 e. The maximum Gasteiger partial charge on any atom is 0.263 e. The van der Waals surface area contributed by atoms with Gasteiger partial charge in [0.2, 0.25) is 0 Å². The number of fused-ring (bicyclic) bond motifs is 2. The summed E-state index contributed by atoms with van der Waals surface area (Å²) in [5.41, 5.74) is 6.92. The van der Waals surface area contributed by atoms with Gasteiger partial charge in [-0.15, -0.1) is 22.7 Å². The van der Waals surface area contributed by atoms with Gasteiger partial charge >= 0.3 is 0 Å². The second-order valence-electron chi connectivity index (χ2n) is 4.82. The third kappa shape index (κ3) is 1.92. The average molecular weight is 340 g/mol. The van der Waals surface area contributed by atoms with E-state index < -0.39 is 10.0 Å². The molecular weight excluding hydrogens is 328 g/mol. The molecule has 1 aliphatic heterocycles. The second kappa shape index (κ2) is 4.54. The fourth-order valence-electron chi connectivity index (χ4n) is 2.59. The Hall–Kier alpha value is -1.42. The maximum atomic E-state index is 12.9. The summed E-state index contributed by atoms with van der Waals surface area (Å²) >= 11 is 3.05. The zero-order valence-electron chi connectivity index (χ0n) is 10.9. The zero-order valence-corrected chi connectivity index (χ0v) is 13.3. The van der Waals surface area contributed by atoms with Crippen molar-refractivity contribution in [3.05, 3.63) is 33.5 Å². The Morgan fingerprint density at radius 3 is 3.00 bits per heavy atom. The van der Waals surface area contributed by atoms with E-state index in [2.05, 4.69) is 4.98 Å². The molecule has 0 amide bonds. The molecule has 4 rings (SSSR count). The molecule has 2 N–H and O–H groups in total. The lowest BCUT2D eigenvalue weighted by Crippen LogP contribution is -2.36. The van der Waals surface area contributed by atoms with E-state index in [4.69, 9.17) is 5.73 Å². The van der Waals surface area contributed by atoms with Crippen molar-refractivity contribution >= 4 is 43.5 Å². The number of nitrogen functional groups attached to an aromatic ring is 1. The number of nitrogens with zero attached hydrogens (tertiary/aromatic N) is 3. The Kier molecular flexibility index (Phi) is 2.86. The number of thiophene rings is 1. The van der Waals surface area contributed by atoms with Gasteiger partial charge in [-0.05, 0) is 23.4 Å². The van der Waals surface area contributed by atoms with Gasteiger partial charge in [-0.25, -0.2) is 13.4 Å². The Morgan fingerprint density at radius 2 is 2.14 bits per heavy atom. The van der Waals surface area contributed by atoms with Gasteiger partial charge in [-0.2, -0.15) is 4.31 Å². The van der Waals surface area contributed by atoms with Crippen LogP contribution in [-0.2, 0) is 23.0 Å². The van der Waals surface area contributed by atoms with Crippen LogP contribution in [0.5, 0.6) is 0 Å². The van der Waals surface area contributed by atoms with Gasteiger partial charge in [0.1, 0.15) is 0 Å². The van der Waals surface area contributed by atoms with Crippen molar-refractivity contribution in [2.75, 3.05) is 12.3 Å². The first-order chi connectivity index (χ1) is 10.1. The van der Waals surface area contributed by atoms with Gasteiger partial charge < -0.3 is 5.73 Å². The van der Waals surface area contributed by atoms with Gasteiger partial charge in [-0.3, -0.25) is 4.40 Å². The molecule has 21 heavy (non-hydrogen) atoms. The number of sulfonamides is 1. The van der Waals surface area contributed by atoms with Gasteiger partial charge in [0.25, 0.3) is 10.0 Å². The fourth-order valence-corrected chi connectivity index (χ4v) is 5.85. The Morgan fingerprint density at radius 1 is 1.29 bits per heavy atom. The van der Waals surface area contributed by atoms with Gasteiger partial charge in [0, 0.05) is 29.5 Å². The summed E-state index contributed by atoms with van der Waals surface area (Å²) in [5.74, 6) is 0.0676. The highest BCUT2D eigenvalue weighted by Crippen LogP contribution is 2.31. The minimum Gasteiger partial charge on any atom is -0.381 e. The smallest absolute Gasteiger partial charge is 0.263 e. The van der Waals surface area contributed by atoms with Crippen LogP contribution >= 0.6 is 22.7 Å². The molecule has 0 saturated carbocycles. The van der Waals surface area contributed by atoms with Crippen LogP contribution < -0.4 is 5.73 Å². The highest BCUT2D eigenvalue weighted by atomic mass is 32.2. The number of hydrogen-bond donors (Lipinski definition) is 1. The lowest BCUT2D eigenvalue weighted by Gasteiger charge is -2.25. The summed E-state index contributed by atoms with van der Waals surface area (Å²) in [5, 5.41) is 3.89. The molecule has 0 saturated heterocycles. The van der Waals surface area contributed by atoms with E-state index in [1.807, 2.05) is 11.4 Å². The van der Waals surface area contributed by atoms with Gasteiger partial charge in [0.15, 0.2) is 15.8 Å². The highest BCUT2D eigenvalue weighted by molar-refractivity contribution is 7.89. The van der Waals surface area contributed by atoms with E-state index in [0.29, 0.717) is 18.1 Å². The molecule has 4 heterocycles. The predicted molar refractivity (Wildman–Crippen MR) is 83.1 cm³/mol. The number of imidazole rings is 1. The van der Waals surface area contributed by atoms with Crippen LogP contribution in [0.15, 0.2) is 28.0 Å². The summed E-state index contributed by atoms with van der Waals surface area (Å²) in [4.78, 5) is 5.99. The van der Waals surface area contributed by atoms with Crippen molar-refractivity contribution < 1.29 is 8.42 Å². The van der Waals surface area contributed by atoms with Crippen LogP contribution in [0.4, 0.5) is 5.82 Å². The topological polar surface area (TPSA) is 80.7 Å². The molecule has 0 spiro atoms. The van der Waals surface area contributed by atoms with E-state index >= 15 is 0 Å². The second-order valence-corrected chi connectivity index (χ2v) is 8.54. The Labute approximate surface area is 129 Å². The number of aromatic nitrogens is 2. The average Bonchev–Trinajstić information content (AvgIpc) is 3.11. The molecule has 9 heteroatoms. The number of rotatable bonds is 2. The lowest BCUT2D eigenvalue weighted by atomic mass is 10.1. The molecule has 0 aromatic carbocycles. The van der Waals surface area contributed by atoms with Crippen molar-refractivity contribution in [1.29, 1.82) is 0 Å². The predicted octanol–water partition coefficient (Wildman–Crippen LogP) is 1.79. The van der Waals surface area contributed by atoms with E-state index in [1.54, 1.807) is 27.3 Å². The number of anilines is 1. The molecule has 1 aliphatic rings. The van der Waals surface area contributed by atoms with E-state index in [1.165, 1.54) is 20.5 Å². The van der Waals surface area contributed by atoms with Crippen LogP contribution in [0.2, 0.25) is 0 Å². The lowest BCUT2D eigenvalue weighted by molar-refractivity contribution is 0.392. The number of hydrogen-bond acceptors (Lipinski definition) is 6. The van der Waals surface area contributed by atoms with Crippen molar-refractivity contribution in [2.45, 2.75) is 18.0 Å². The van der Waals surface area contributed by atoms with Crippen LogP contribution in [0.3, 0.4) is 0 Å². The SMILES string of the molecule is Nc1nc2sccn2c1S(=O)(=O)N1CCc2sccc2C1. The Balaban J connectivity index is 1.81. The van der Waals surface area contributed by atoms with E-state index in [9.17, 15) is 8.42 Å². The molecule has 0 atom stereocenters. The van der Waals surface area contributed by atoms with Crippen LogP contribution in [0.1, 0.15) is 10.4 Å². The molecule has 3 aromatic heterocycles. The first-order valence-electron chi connectivity index (χ1n) is 6.34. The van der Waals surface area contributed by atoms with Gasteiger partial charge in [-0.1, -0.05) is 0 Å². The van der Waals surface area contributed by atoms with Crippen LogP contribution in [-0.4, -0.2) is 28.7 Å². The molecule has 0 fully saturated rings. The normalized spacial score (nSPS) is 16.4. The summed E-state index contributed by atoms with van der Waals surface area (Å²) in [7, 11) is -3.65. The minimum atomic E-state index is -3.65. The zero-order chi connectivity index (χ0) is 14.6. The third-order valence-corrected chi connectivity index (χ3v) is 7.27. The molecule has 110 valence electrons. The minimum absolute atomic E-state index is 0.0676. The van der Waals surface area contributed by atoms with Crippen molar-refractivity contribution in [3.8, 4) is 0 Å². The monoisotopic (exact) mass is 340 g/mol. The van der Waals surface area contributed by atoms with Crippen molar-refractivity contribution in [3.63, 3.8) is 0 Å². The fraction of sp³-hybridized carbons (Fsp3) is 0.250. The maximum absolute atomic E-state index is 12.9. The number of nitrogens with two attached hydrogens (primary N) is 1.